The summed E-state index contributed by atoms with van der Waals surface area (Å²) in [6, 6.07) is 11.9. The van der Waals surface area contributed by atoms with E-state index in [9.17, 15) is 8.42 Å². The highest BCUT2D eigenvalue weighted by atomic mass is 32.2. The molecule has 0 unspecified atom stereocenters. The molecule has 6 heteroatoms. The van der Waals surface area contributed by atoms with Crippen molar-refractivity contribution in [1.29, 1.82) is 0 Å². The molecular weight excluding hydrogens is 298 g/mol. The topological polar surface area (TPSA) is 76.3 Å². The summed E-state index contributed by atoms with van der Waals surface area (Å²) < 4.78 is 22.9. The Balaban J connectivity index is 1.66. The Morgan fingerprint density at radius 1 is 1.05 bits per heavy atom. The number of hydrogen-bond donors (Lipinski definition) is 1. The quantitative estimate of drug-likeness (QED) is 0.930. The molecule has 1 aromatic carbocycles. The minimum absolute atomic E-state index is 0.264. The number of rotatable bonds is 3. The van der Waals surface area contributed by atoms with Gasteiger partial charge < -0.3 is 5.73 Å². The number of aromatic nitrogens is 1. The van der Waals surface area contributed by atoms with Crippen LogP contribution in [-0.4, -0.2) is 42.9 Å². The van der Waals surface area contributed by atoms with Gasteiger partial charge in [-0.2, -0.15) is 0 Å². The molecule has 5 nitrogen and oxygen atoms in total. The van der Waals surface area contributed by atoms with E-state index in [4.69, 9.17) is 5.73 Å². The Hall–Kier alpha value is -1.92. The summed E-state index contributed by atoms with van der Waals surface area (Å²) in [5.41, 5.74) is 9.41. The third-order valence-electron chi connectivity index (χ3n) is 3.88. The van der Waals surface area contributed by atoms with Crippen molar-refractivity contribution in [1.82, 2.24) is 9.88 Å². The standard InChI is InChI=1S/C16H19N3O2S/c17-15-5-6-16(18-11-15)14-3-1-13(2-4-14)12-19-7-9-22(20,21)10-8-19/h1-6,11H,7-10,12,17H2. The molecule has 1 aromatic heterocycles. The molecule has 1 aliphatic heterocycles. The second kappa shape index (κ2) is 6.06. The van der Waals surface area contributed by atoms with E-state index >= 15 is 0 Å². The van der Waals surface area contributed by atoms with Crippen LogP contribution in [0, 0.1) is 0 Å². The molecular formula is C16H19N3O2S. The fourth-order valence-electron chi connectivity index (χ4n) is 2.52. The van der Waals surface area contributed by atoms with E-state index in [1.807, 2.05) is 24.3 Å². The van der Waals surface area contributed by atoms with E-state index in [0.717, 1.165) is 17.8 Å². The van der Waals surface area contributed by atoms with E-state index in [-0.39, 0.29) is 11.5 Å². The molecule has 2 heterocycles. The highest BCUT2D eigenvalue weighted by Gasteiger charge is 2.21. The van der Waals surface area contributed by atoms with Gasteiger partial charge in [-0.1, -0.05) is 24.3 Å². The molecule has 0 aliphatic carbocycles. The number of pyridine rings is 1. The average molecular weight is 317 g/mol. The molecule has 2 N–H and O–H groups in total. The van der Waals surface area contributed by atoms with Gasteiger partial charge in [-0.05, 0) is 17.7 Å². The van der Waals surface area contributed by atoms with Crippen LogP contribution in [0.15, 0.2) is 42.6 Å². The van der Waals surface area contributed by atoms with Gasteiger partial charge in [-0.25, -0.2) is 8.42 Å². The molecule has 2 aromatic rings. The predicted molar refractivity (Wildman–Crippen MR) is 88.0 cm³/mol. The number of nitrogen functional groups attached to an aromatic ring is 1. The summed E-state index contributed by atoms with van der Waals surface area (Å²) in [5, 5.41) is 0. The van der Waals surface area contributed by atoms with E-state index in [2.05, 4.69) is 22.0 Å². The number of hydrogen-bond acceptors (Lipinski definition) is 5. The molecule has 0 saturated carbocycles. The molecule has 0 bridgehead atoms. The molecule has 1 aliphatic rings. The maximum atomic E-state index is 11.4. The van der Waals surface area contributed by atoms with Crippen molar-refractivity contribution < 1.29 is 8.42 Å². The zero-order valence-corrected chi connectivity index (χ0v) is 13.1. The summed E-state index contributed by atoms with van der Waals surface area (Å²) in [4.78, 5) is 6.49. The van der Waals surface area contributed by atoms with Gasteiger partial charge in [-0.15, -0.1) is 0 Å². The Bertz CT molecular complexity index is 726. The normalized spacial score (nSPS) is 18.2. The van der Waals surface area contributed by atoms with Gasteiger partial charge in [0.1, 0.15) is 0 Å². The highest BCUT2D eigenvalue weighted by Crippen LogP contribution is 2.19. The van der Waals surface area contributed by atoms with E-state index in [1.165, 1.54) is 5.56 Å². The summed E-state index contributed by atoms with van der Waals surface area (Å²) in [6.45, 7) is 2.01. The maximum absolute atomic E-state index is 11.4. The summed E-state index contributed by atoms with van der Waals surface area (Å²) >= 11 is 0. The monoisotopic (exact) mass is 317 g/mol. The number of benzene rings is 1. The first-order chi connectivity index (χ1) is 10.5. The lowest BCUT2D eigenvalue weighted by Gasteiger charge is -2.26. The third-order valence-corrected chi connectivity index (χ3v) is 5.49. The molecule has 1 fully saturated rings. The van der Waals surface area contributed by atoms with Crippen LogP contribution < -0.4 is 5.73 Å². The zero-order chi connectivity index (χ0) is 15.6. The van der Waals surface area contributed by atoms with E-state index < -0.39 is 9.84 Å². The fraction of sp³-hybridized carbons (Fsp3) is 0.312. The third kappa shape index (κ3) is 3.64. The van der Waals surface area contributed by atoms with E-state index in [1.54, 1.807) is 6.20 Å². The second-order valence-corrected chi connectivity index (χ2v) is 7.91. The lowest BCUT2D eigenvalue weighted by Crippen LogP contribution is -2.39. The minimum Gasteiger partial charge on any atom is -0.397 e. The fourth-order valence-corrected chi connectivity index (χ4v) is 3.80. The predicted octanol–water partition coefficient (Wildman–Crippen LogP) is 1.56. The van der Waals surface area contributed by atoms with Crippen LogP contribution in [0.1, 0.15) is 5.56 Å². The SMILES string of the molecule is Nc1ccc(-c2ccc(CN3CCS(=O)(=O)CC3)cc2)nc1. The van der Waals surface area contributed by atoms with Gasteiger partial charge in [-0.3, -0.25) is 9.88 Å². The molecule has 3 rings (SSSR count). The van der Waals surface area contributed by atoms with Gasteiger partial charge in [0, 0.05) is 25.2 Å². The van der Waals surface area contributed by atoms with Crippen molar-refractivity contribution in [2.45, 2.75) is 6.54 Å². The van der Waals surface area contributed by atoms with Gasteiger partial charge in [0.2, 0.25) is 0 Å². The van der Waals surface area contributed by atoms with Crippen LogP contribution in [0.4, 0.5) is 5.69 Å². The Kier molecular flexibility index (Phi) is 4.13. The van der Waals surface area contributed by atoms with Crippen LogP contribution in [-0.2, 0) is 16.4 Å². The molecule has 0 amide bonds. The first-order valence-corrected chi connectivity index (χ1v) is 9.08. The number of anilines is 1. The Morgan fingerprint density at radius 2 is 1.73 bits per heavy atom. The van der Waals surface area contributed by atoms with Crippen molar-refractivity contribution in [2.75, 3.05) is 30.3 Å². The minimum atomic E-state index is -2.81. The molecule has 1 saturated heterocycles. The zero-order valence-electron chi connectivity index (χ0n) is 12.3. The number of nitrogens with zero attached hydrogens (tertiary/aromatic N) is 2. The second-order valence-electron chi connectivity index (χ2n) is 5.60. The van der Waals surface area contributed by atoms with Crippen molar-refractivity contribution in [3.63, 3.8) is 0 Å². The van der Waals surface area contributed by atoms with Crippen molar-refractivity contribution in [3.8, 4) is 11.3 Å². The van der Waals surface area contributed by atoms with Gasteiger partial charge in [0.15, 0.2) is 9.84 Å². The highest BCUT2D eigenvalue weighted by molar-refractivity contribution is 7.91. The smallest absolute Gasteiger partial charge is 0.152 e. The van der Waals surface area contributed by atoms with Gasteiger partial charge >= 0.3 is 0 Å². The van der Waals surface area contributed by atoms with Crippen molar-refractivity contribution >= 4 is 15.5 Å². The lowest BCUT2D eigenvalue weighted by atomic mass is 10.1. The Labute approximate surface area is 130 Å². The lowest BCUT2D eigenvalue weighted by molar-refractivity contribution is 0.287. The first kappa shape index (κ1) is 15.0. The van der Waals surface area contributed by atoms with Crippen LogP contribution in [0.3, 0.4) is 0 Å². The van der Waals surface area contributed by atoms with Crippen molar-refractivity contribution in [2.24, 2.45) is 0 Å². The van der Waals surface area contributed by atoms with E-state index in [0.29, 0.717) is 18.8 Å². The van der Waals surface area contributed by atoms with Crippen molar-refractivity contribution in [3.05, 3.63) is 48.2 Å². The molecule has 0 atom stereocenters. The number of nitrogens with two attached hydrogens (primary N) is 1. The average Bonchev–Trinajstić information content (AvgIpc) is 2.51. The molecule has 0 spiro atoms. The Morgan fingerprint density at radius 3 is 2.32 bits per heavy atom. The number of sulfone groups is 1. The largest absolute Gasteiger partial charge is 0.397 e. The molecule has 116 valence electrons. The molecule has 22 heavy (non-hydrogen) atoms. The van der Waals surface area contributed by atoms with Gasteiger partial charge in [0.05, 0.1) is 29.1 Å². The van der Waals surface area contributed by atoms with Gasteiger partial charge in [0.25, 0.3) is 0 Å². The van der Waals surface area contributed by atoms with Crippen LogP contribution in [0.5, 0.6) is 0 Å². The first-order valence-electron chi connectivity index (χ1n) is 7.25. The summed E-state index contributed by atoms with van der Waals surface area (Å²) in [5.74, 6) is 0.529. The molecule has 0 radical (unpaired) electrons. The summed E-state index contributed by atoms with van der Waals surface area (Å²) in [6.07, 6.45) is 1.65. The van der Waals surface area contributed by atoms with Crippen LogP contribution >= 0.6 is 0 Å². The van der Waals surface area contributed by atoms with Crippen LogP contribution in [0.25, 0.3) is 11.3 Å². The maximum Gasteiger partial charge on any atom is 0.152 e. The summed E-state index contributed by atoms with van der Waals surface area (Å²) in [7, 11) is -2.81. The van der Waals surface area contributed by atoms with Crippen LogP contribution in [0.2, 0.25) is 0 Å².